The molecule has 0 saturated heterocycles. The lowest BCUT2D eigenvalue weighted by atomic mass is 10.2. The van der Waals surface area contributed by atoms with Crippen LogP contribution in [0.15, 0.2) is 57.7 Å². The van der Waals surface area contributed by atoms with Crippen molar-refractivity contribution < 1.29 is 9.15 Å². The number of ether oxygens (including phenoxy) is 1. The quantitative estimate of drug-likeness (QED) is 0.585. The lowest BCUT2D eigenvalue weighted by molar-refractivity contribution is 0.305. The van der Waals surface area contributed by atoms with Gasteiger partial charge in [-0.2, -0.15) is 0 Å². The molecule has 0 N–H and O–H groups in total. The maximum Gasteiger partial charge on any atom is 0.347 e. The van der Waals surface area contributed by atoms with E-state index in [1.54, 1.807) is 12.1 Å². The summed E-state index contributed by atoms with van der Waals surface area (Å²) in [6.07, 6.45) is 4.73. The molecule has 0 spiro atoms. The van der Waals surface area contributed by atoms with Crippen molar-refractivity contribution >= 4 is 10.9 Å². The van der Waals surface area contributed by atoms with Gasteiger partial charge >= 0.3 is 5.63 Å². The summed E-state index contributed by atoms with van der Waals surface area (Å²) in [5, 5.41) is 0.494. The molecule has 0 unspecified atom stereocenters. The van der Waals surface area contributed by atoms with Gasteiger partial charge in [-0.15, -0.1) is 0 Å². The number of para-hydroxylation sites is 1. The van der Waals surface area contributed by atoms with Crippen LogP contribution in [-0.2, 0) is 0 Å². The molecule has 0 aliphatic heterocycles. The Morgan fingerprint density at radius 2 is 1.79 bits per heavy atom. The largest absolute Gasteiger partial charge is 0.494 e. The summed E-state index contributed by atoms with van der Waals surface area (Å²) >= 11 is 0. The van der Waals surface area contributed by atoms with Crippen molar-refractivity contribution in [2.45, 2.75) is 32.6 Å². The van der Waals surface area contributed by atoms with E-state index in [1.165, 1.54) is 19.3 Å². The van der Waals surface area contributed by atoms with E-state index in [4.69, 9.17) is 9.15 Å². The van der Waals surface area contributed by atoms with Crippen LogP contribution in [0.1, 0.15) is 32.6 Å². The Bertz CT molecular complexity index is 853. The van der Waals surface area contributed by atoms with E-state index < -0.39 is 0 Å². The SMILES string of the molecule is CCCCCCOc1ccc(-c2nc3ccccc3c(=O)o2)cc1. The maximum absolute atomic E-state index is 12.0. The smallest absolute Gasteiger partial charge is 0.347 e. The van der Waals surface area contributed by atoms with Gasteiger partial charge in [0.15, 0.2) is 0 Å². The molecule has 3 rings (SSSR count). The Hall–Kier alpha value is -2.62. The molecular weight excluding hydrogens is 302 g/mol. The van der Waals surface area contributed by atoms with E-state index in [9.17, 15) is 4.79 Å². The van der Waals surface area contributed by atoms with Crippen molar-refractivity contribution in [2.24, 2.45) is 0 Å². The molecule has 4 heteroatoms. The Balaban J connectivity index is 1.73. The zero-order valence-electron chi connectivity index (χ0n) is 13.8. The third-order valence-electron chi connectivity index (χ3n) is 3.90. The molecule has 0 bridgehead atoms. The molecule has 3 aromatic rings. The van der Waals surface area contributed by atoms with Gasteiger partial charge in [0.1, 0.15) is 5.75 Å². The molecule has 0 saturated carbocycles. The van der Waals surface area contributed by atoms with Gasteiger partial charge in [0.2, 0.25) is 5.89 Å². The van der Waals surface area contributed by atoms with Crippen LogP contribution in [0.25, 0.3) is 22.4 Å². The fourth-order valence-electron chi connectivity index (χ4n) is 2.55. The number of aromatic nitrogens is 1. The minimum Gasteiger partial charge on any atom is -0.494 e. The molecule has 24 heavy (non-hydrogen) atoms. The van der Waals surface area contributed by atoms with Crippen molar-refractivity contribution in [1.82, 2.24) is 4.98 Å². The Kier molecular flexibility index (Phi) is 5.26. The second-order valence-corrected chi connectivity index (χ2v) is 5.76. The Morgan fingerprint density at radius 3 is 2.58 bits per heavy atom. The Labute approximate surface area is 141 Å². The molecule has 0 amide bonds. The second kappa shape index (κ2) is 7.77. The van der Waals surface area contributed by atoms with Gasteiger partial charge in [0, 0.05) is 5.56 Å². The summed E-state index contributed by atoms with van der Waals surface area (Å²) in [6.45, 7) is 2.92. The van der Waals surface area contributed by atoms with Gasteiger partial charge in [0.05, 0.1) is 17.5 Å². The highest BCUT2D eigenvalue weighted by molar-refractivity contribution is 5.78. The number of hydrogen-bond donors (Lipinski definition) is 0. The summed E-state index contributed by atoms with van der Waals surface area (Å²) in [5.74, 6) is 1.14. The average molecular weight is 323 g/mol. The fraction of sp³-hybridized carbons (Fsp3) is 0.300. The first-order valence-corrected chi connectivity index (χ1v) is 8.41. The molecule has 2 aromatic carbocycles. The second-order valence-electron chi connectivity index (χ2n) is 5.76. The van der Waals surface area contributed by atoms with Crippen LogP contribution in [0.4, 0.5) is 0 Å². The molecular formula is C20H21NO3. The molecule has 124 valence electrons. The number of unbranched alkanes of at least 4 members (excludes halogenated alkanes) is 3. The highest BCUT2D eigenvalue weighted by Crippen LogP contribution is 2.21. The lowest BCUT2D eigenvalue weighted by Gasteiger charge is -2.07. The lowest BCUT2D eigenvalue weighted by Crippen LogP contribution is -2.02. The van der Waals surface area contributed by atoms with E-state index in [0.29, 0.717) is 16.8 Å². The third-order valence-corrected chi connectivity index (χ3v) is 3.90. The van der Waals surface area contributed by atoms with Crippen molar-refractivity contribution in [3.8, 4) is 17.2 Å². The summed E-state index contributed by atoms with van der Waals surface area (Å²) < 4.78 is 11.1. The number of fused-ring (bicyclic) bond motifs is 1. The number of hydrogen-bond acceptors (Lipinski definition) is 4. The standard InChI is InChI=1S/C20H21NO3/c1-2-3-4-7-14-23-16-12-10-15(11-13-16)19-21-18-9-6-5-8-17(18)20(22)24-19/h5-6,8-13H,2-4,7,14H2,1H3. The van der Waals surface area contributed by atoms with Crippen LogP contribution >= 0.6 is 0 Å². The normalized spacial score (nSPS) is 10.9. The topological polar surface area (TPSA) is 52.3 Å². The van der Waals surface area contributed by atoms with Gasteiger partial charge in [-0.3, -0.25) is 0 Å². The van der Waals surface area contributed by atoms with Gasteiger partial charge in [-0.05, 0) is 42.8 Å². The molecule has 1 aromatic heterocycles. The summed E-state index contributed by atoms with van der Waals surface area (Å²) in [6, 6.07) is 14.7. The number of rotatable bonds is 7. The molecule has 4 nitrogen and oxygen atoms in total. The molecule has 0 aliphatic carbocycles. The highest BCUT2D eigenvalue weighted by atomic mass is 16.5. The predicted molar refractivity (Wildman–Crippen MR) is 95.4 cm³/mol. The maximum atomic E-state index is 12.0. The highest BCUT2D eigenvalue weighted by Gasteiger charge is 2.08. The van der Waals surface area contributed by atoms with Crippen LogP contribution in [0.5, 0.6) is 5.75 Å². The number of nitrogens with zero attached hydrogens (tertiary/aromatic N) is 1. The van der Waals surface area contributed by atoms with Gasteiger partial charge in [0.25, 0.3) is 0 Å². The van der Waals surface area contributed by atoms with E-state index in [0.717, 1.165) is 24.3 Å². The van der Waals surface area contributed by atoms with Crippen LogP contribution in [0, 0.1) is 0 Å². The zero-order chi connectivity index (χ0) is 16.8. The van der Waals surface area contributed by atoms with E-state index in [1.807, 2.05) is 36.4 Å². The average Bonchev–Trinajstić information content (AvgIpc) is 2.62. The minimum absolute atomic E-state index is 0.327. The first-order chi connectivity index (χ1) is 11.8. The van der Waals surface area contributed by atoms with E-state index in [2.05, 4.69) is 11.9 Å². The van der Waals surface area contributed by atoms with Crippen LogP contribution in [-0.4, -0.2) is 11.6 Å². The molecule has 0 radical (unpaired) electrons. The zero-order valence-corrected chi connectivity index (χ0v) is 13.8. The van der Waals surface area contributed by atoms with Gasteiger partial charge in [-0.1, -0.05) is 38.3 Å². The van der Waals surface area contributed by atoms with Crippen molar-refractivity contribution in [3.05, 3.63) is 59.0 Å². The van der Waals surface area contributed by atoms with E-state index in [-0.39, 0.29) is 5.63 Å². The van der Waals surface area contributed by atoms with Crippen LogP contribution in [0.2, 0.25) is 0 Å². The van der Waals surface area contributed by atoms with Crippen molar-refractivity contribution in [3.63, 3.8) is 0 Å². The monoisotopic (exact) mass is 323 g/mol. The summed E-state index contributed by atoms with van der Waals surface area (Å²) in [5.41, 5.74) is 1.03. The van der Waals surface area contributed by atoms with Crippen LogP contribution < -0.4 is 10.4 Å². The van der Waals surface area contributed by atoms with E-state index >= 15 is 0 Å². The first-order valence-electron chi connectivity index (χ1n) is 8.41. The third kappa shape index (κ3) is 3.82. The molecule has 1 heterocycles. The van der Waals surface area contributed by atoms with Gasteiger partial charge in [-0.25, -0.2) is 9.78 Å². The summed E-state index contributed by atoms with van der Waals surface area (Å²) in [7, 11) is 0. The minimum atomic E-state index is -0.369. The van der Waals surface area contributed by atoms with Gasteiger partial charge < -0.3 is 9.15 Å². The predicted octanol–water partition coefficient (Wildman–Crippen LogP) is 4.81. The first kappa shape index (κ1) is 16.2. The van der Waals surface area contributed by atoms with Crippen molar-refractivity contribution in [1.29, 1.82) is 0 Å². The summed E-state index contributed by atoms with van der Waals surface area (Å²) in [4.78, 5) is 16.5. The Morgan fingerprint density at radius 1 is 1.00 bits per heavy atom. The van der Waals surface area contributed by atoms with Crippen LogP contribution in [0.3, 0.4) is 0 Å². The molecule has 0 aliphatic rings. The molecule has 0 atom stereocenters. The number of benzene rings is 2. The fourth-order valence-corrected chi connectivity index (χ4v) is 2.55. The van der Waals surface area contributed by atoms with Crippen molar-refractivity contribution in [2.75, 3.05) is 6.61 Å². The molecule has 0 fully saturated rings.